The van der Waals surface area contributed by atoms with Crippen LogP contribution in [0.15, 0.2) is 36.4 Å². The van der Waals surface area contributed by atoms with Crippen LogP contribution >= 0.6 is 0 Å². The van der Waals surface area contributed by atoms with Gasteiger partial charge in [-0.3, -0.25) is 4.79 Å². The predicted molar refractivity (Wildman–Crippen MR) is 103 cm³/mol. The molecule has 0 unspecified atom stereocenters. The van der Waals surface area contributed by atoms with Gasteiger partial charge in [-0.2, -0.15) is 13.2 Å². The number of aromatic nitrogens is 4. The number of fused-ring (bicyclic) bond motifs is 1. The normalized spacial score (nSPS) is 13.5. The minimum atomic E-state index is -4.56. The Morgan fingerprint density at radius 3 is 2.60 bits per heavy atom. The molecule has 7 nitrogen and oxygen atoms in total. The molecule has 3 aromatic rings. The number of alkyl halides is 3. The van der Waals surface area contributed by atoms with Gasteiger partial charge in [0.05, 0.1) is 6.54 Å². The van der Waals surface area contributed by atoms with Crippen molar-refractivity contribution >= 4 is 11.7 Å². The van der Waals surface area contributed by atoms with Crippen molar-refractivity contribution in [2.45, 2.75) is 26.1 Å². The molecular formula is C20H17F3N6O. The first-order valence-electron chi connectivity index (χ1n) is 9.21. The summed E-state index contributed by atoms with van der Waals surface area (Å²) in [5, 5.41) is 5.74. The number of carbonyl (C=O) groups is 1. The highest BCUT2D eigenvalue weighted by atomic mass is 19.4. The highest BCUT2D eigenvalue weighted by molar-refractivity contribution is 5.96. The Labute approximate surface area is 169 Å². The third-order valence-corrected chi connectivity index (χ3v) is 4.52. The largest absolute Gasteiger partial charge is 0.433 e. The first-order valence-corrected chi connectivity index (χ1v) is 9.21. The van der Waals surface area contributed by atoms with Crippen LogP contribution in [0.3, 0.4) is 0 Å². The monoisotopic (exact) mass is 414 g/mol. The standard InChI is InChI=1S/C20H17F3N6O/c1-11-9-14(20(21,22)23)27-15(26-11)10-25-18-13-7-8-24-19(30)16(13)28-17(29-18)12-5-3-2-4-6-12/h2-6,9H,7-8,10H2,1H3,(H,24,30)(H,25,28,29). The number of carbonyl (C=O) groups excluding carboxylic acids is 1. The van der Waals surface area contributed by atoms with E-state index in [-0.39, 0.29) is 29.7 Å². The second-order valence-electron chi connectivity index (χ2n) is 6.76. The zero-order valence-electron chi connectivity index (χ0n) is 15.9. The molecule has 1 aromatic carbocycles. The first-order chi connectivity index (χ1) is 14.3. The Balaban J connectivity index is 1.70. The zero-order valence-corrected chi connectivity index (χ0v) is 15.9. The van der Waals surface area contributed by atoms with E-state index >= 15 is 0 Å². The number of aryl methyl sites for hydroxylation is 1. The van der Waals surface area contributed by atoms with Gasteiger partial charge in [0.2, 0.25) is 0 Å². The van der Waals surface area contributed by atoms with Gasteiger partial charge in [-0.05, 0) is 19.4 Å². The number of nitrogens with zero attached hydrogens (tertiary/aromatic N) is 4. The smallest absolute Gasteiger partial charge is 0.362 e. The summed E-state index contributed by atoms with van der Waals surface area (Å²) in [5.41, 5.74) is 0.790. The lowest BCUT2D eigenvalue weighted by atomic mass is 10.1. The van der Waals surface area contributed by atoms with E-state index < -0.39 is 11.9 Å². The van der Waals surface area contributed by atoms with Crippen LogP contribution in [-0.4, -0.2) is 32.4 Å². The fourth-order valence-corrected chi connectivity index (χ4v) is 3.17. The minimum absolute atomic E-state index is 0.0174. The Morgan fingerprint density at radius 2 is 1.87 bits per heavy atom. The third kappa shape index (κ3) is 4.07. The number of amides is 1. The van der Waals surface area contributed by atoms with E-state index in [1.165, 1.54) is 6.92 Å². The van der Waals surface area contributed by atoms with Crippen LogP contribution in [0.25, 0.3) is 11.4 Å². The molecule has 3 heterocycles. The predicted octanol–water partition coefficient (Wildman–Crippen LogP) is 3.16. The summed E-state index contributed by atoms with van der Waals surface area (Å²) in [6.07, 6.45) is -4.06. The molecule has 1 aliphatic heterocycles. The molecule has 0 fully saturated rings. The average Bonchev–Trinajstić information content (AvgIpc) is 2.72. The molecule has 1 aliphatic rings. The van der Waals surface area contributed by atoms with Crippen molar-refractivity contribution in [3.63, 3.8) is 0 Å². The molecule has 0 saturated heterocycles. The average molecular weight is 414 g/mol. The SMILES string of the molecule is Cc1cc(C(F)(F)F)nc(CNc2nc(-c3ccccc3)nc3c2CCNC3=O)n1. The highest BCUT2D eigenvalue weighted by Gasteiger charge is 2.33. The molecule has 10 heteroatoms. The maximum atomic E-state index is 13.0. The van der Waals surface area contributed by atoms with E-state index in [0.29, 0.717) is 35.7 Å². The van der Waals surface area contributed by atoms with Gasteiger partial charge in [-0.1, -0.05) is 30.3 Å². The zero-order chi connectivity index (χ0) is 21.3. The molecule has 0 atom stereocenters. The molecule has 30 heavy (non-hydrogen) atoms. The van der Waals surface area contributed by atoms with Gasteiger partial charge in [-0.25, -0.2) is 19.9 Å². The van der Waals surface area contributed by atoms with Crippen molar-refractivity contribution in [2.75, 3.05) is 11.9 Å². The second-order valence-corrected chi connectivity index (χ2v) is 6.76. The summed E-state index contributed by atoms with van der Waals surface area (Å²) in [4.78, 5) is 28.9. The molecule has 2 N–H and O–H groups in total. The van der Waals surface area contributed by atoms with E-state index in [2.05, 4.69) is 30.6 Å². The van der Waals surface area contributed by atoms with Crippen LogP contribution in [0.5, 0.6) is 0 Å². The molecule has 154 valence electrons. The van der Waals surface area contributed by atoms with E-state index in [9.17, 15) is 18.0 Å². The lowest BCUT2D eigenvalue weighted by molar-refractivity contribution is -0.141. The summed E-state index contributed by atoms with van der Waals surface area (Å²) < 4.78 is 39.1. The van der Waals surface area contributed by atoms with Crippen molar-refractivity contribution < 1.29 is 18.0 Å². The number of nitrogens with one attached hydrogen (secondary N) is 2. The third-order valence-electron chi connectivity index (χ3n) is 4.52. The lowest BCUT2D eigenvalue weighted by Crippen LogP contribution is -2.34. The van der Waals surface area contributed by atoms with Gasteiger partial charge in [0.1, 0.15) is 23.0 Å². The summed E-state index contributed by atoms with van der Waals surface area (Å²) in [7, 11) is 0. The van der Waals surface area contributed by atoms with Gasteiger partial charge in [-0.15, -0.1) is 0 Å². The number of rotatable bonds is 4. The molecule has 0 bridgehead atoms. The summed E-state index contributed by atoms with van der Waals surface area (Å²) in [5.74, 6) is 0.392. The molecular weight excluding hydrogens is 397 g/mol. The van der Waals surface area contributed by atoms with E-state index in [1.54, 1.807) is 0 Å². The Kier molecular flexibility index (Phi) is 5.06. The number of benzene rings is 1. The topological polar surface area (TPSA) is 92.7 Å². The van der Waals surface area contributed by atoms with Crippen molar-refractivity contribution in [3.05, 3.63) is 64.9 Å². The fraction of sp³-hybridized carbons (Fsp3) is 0.250. The van der Waals surface area contributed by atoms with Gasteiger partial charge in [0.25, 0.3) is 5.91 Å². The van der Waals surface area contributed by atoms with Crippen LogP contribution in [0, 0.1) is 6.92 Å². The van der Waals surface area contributed by atoms with Crippen LogP contribution < -0.4 is 10.6 Å². The molecule has 0 saturated carbocycles. The van der Waals surface area contributed by atoms with Crippen molar-refractivity contribution in [1.82, 2.24) is 25.3 Å². The lowest BCUT2D eigenvalue weighted by Gasteiger charge is -2.20. The maximum Gasteiger partial charge on any atom is 0.433 e. The van der Waals surface area contributed by atoms with Gasteiger partial charge >= 0.3 is 6.18 Å². The van der Waals surface area contributed by atoms with Gasteiger partial charge < -0.3 is 10.6 Å². The molecule has 0 aliphatic carbocycles. The first kappa shape index (κ1) is 19.7. The fourth-order valence-electron chi connectivity index (χ4n) is 3.17. The molecule has 0 radical (unpaired) electrons. The van der Waals surface area contributed by atoms with Gasteiger partial charge in [0, 0.05) is 23.4 Å². The number of halogens is 3. The second kappa shape index (κ2) is 7.69. The molecule has 1 amide bonds. The Hall–Kier alpha value is -3.56. The minimum Gasteiger partial charge on any atom is -0.362 e. The quantitative estimate of drug-likeness (QED) is 0.681. The number of hydrogen-bond donors (Lipinski definition) is 2. The van der Waals surface area contributed by atoms with E-state index in [4.69, 9.17) is 0 Å². The molecule has 0 spiro atoms. The Morgan fingerprint density at radius 1 is 1.10 bits per heavy atom. The van der Waals surface area contributed by atoms with Crippen LogP contribution in [0.1, 0.15) is 33.3 Å². The van der Waals surface area contributed by atoms with Crippen LogP contribution in [0.2, 0.25) is 0 Å². The Bertz CT molecular complexity index is 1100. The maximum absolute atomic E-state index is 13.0. The summed E-state index contributed by atoms with van der Waals surface area (Å²) >= 11 is 0. The summed E-state index contributed by atoms with van der Waals surface area (Å²) in [6.45, 7) is 1.82. The van der Waals surface area contributed by atoms with E-state index in [0.717, 1.165) is 6.07 Å². The summed E-state index contributed by atoms with van der Waals surface area (Å²) in [6, 6.07) is 10.0. The highest BCUT2D eigenvalue weighted by Crippen LogP contribution is 2.28. The van der Waals surface area contributed by atoms with Crippen molar-refractivity contribution in [1.29, 1.82) is 0 Å². The number of anilines is 1. The van der Waals surface area contributed by atoms with Crippen LogP contribution in [-0.2, 0) is 19.1 Å². The molecule has 4 rings (SSSR count). The van der Waals surface area contributed by atoms with Crippen molar-refractivity contribution in [3.8, 4) is 11.4 Å². The van der Waals surface area contributed by atoms with Crippen molar-refractivity contribution in [2.24, 2.45) is 0 Å². The van der Waals surface area contributed by atoms with E-state index in [1.807, 2.05) is 30.3 Å². The number of hydrogen-bond acceptors (Lipinski definition) is 6. The van der Waals surface area contributed by atoms with Crippen LogP contribution in [0.4, 0.5) is 19.0 Å². The van der Waals surface area contributed by atoms with Gasteiger partial charge in [0.15, 0.2) is 5.82 Å². The molecule has 2 aromatic heterocycles.